The lowest BCUT2D eigenvalue weighted by Gasteiger charge is -2.09. The highest BCUT2D eigenvalue weighted by Crippen LogP contribution is 2.26. The Bertz CT molecular complexity index is 284. The van der Waals surface area contributed by atoms with E-state index in [4.69, 9.17) is 4.74 Å². The third-order valence-corrected chi connectivity index (χ3v) is 1.63. The number of pyridine rings is 1. The van der Waals surface area contributed by atoms with Crippen LogP contribution in [0.25, 0.3) is 6.08 Å². The molecule has 0 fully saturated rings. The van der Waals surface area contributed by atoms with Gasteiger partial charge in [-0.15, -0.1) is 0 Å². The monoisotopic (exact) mass is 164 g/mol. The minimum Gasteiger partial charge on any atom is -0.493 e. The molecule has 1 N–H and O–H groups in total. The number of nitrogens with one attached hydrogen (secondary N) is 1. The minimum absolute atomic E-state index is 0.731. The lowest BCUT2D eigenvalue weighted by atomic mass is 10.2. The Morgan fingerprint density at radius 1 is 1.58 bits per heavy atom. The lowest BCUT2D eigenvalue weighted by molar-refractivity contribution is 0.414. The van der Waals surface area contributed by atoms with Crippen LogP contribution in [0.15, 0.2) is 19.0 Å². The van der Waals surface area contributed by atoms with E-state index in [9.17, 15) is 0 Å². The van der Waals surface area contributed by atoms with E-state index in [-0.39, 0.29) is 0 Å². The molecule has 0 saturated heterocycles. The molecule has 0 aromatic carbocycles. The molecule has 3 nitrogen and oxygen atoms in total. The summed E-state index contributed by atoms with van der Waals surface area (Å²) in [7, 11) is 3.45. The van der Waals surface area contributed by atoms with E-state index in [0.717, 1.165) is 17.0 Å². The molecule has 0 radical (unpaired) electrons. The quantitative estimate of drug-likeness (QED) is 0.739. The van der Waals surface area contributed by atoms with Gasteiger partial charge in [0.25, 0.3) is 0 Å². The zero-order valence-electron chi connectivity index (χ0n) is 7.29. The maximum absolute atomic E-state index is 5.11. The Morgan fingerprint density at radius 3 is 2.83 bits per heavy atom. The molecule has 0 bridgehead atoms. The fourth-order valence-electron chi connectivity index (χ4n) is 1.03. The Morgan fingerprint density at radius 2 is 2.33 bits per heavy atom. The van der Waals surface area contributed by atoms with E-state index in [2.05, 4.69) is 16.9 Å². The topological polar surface area (TPSA) is 34.1 Å². The molecule has 1 aromatic rings. The second-order valence-electron chi connectivity index (χ2n) is 2.26. The molecule has 1 rings (SSSR count). The van der Waals surface area contributed by atoms with E-state index in [1.165, 1.54) is 0 Å². The third kappa shape index (κ3) is 1.39. The van der Waals surface area contributed by atoms with Gasteiger partial charge in [0.05, 0.1) is 19.0 Å². The average molecular weight is 164 g/mol. The van der Waals surface area contributed by atoms with Crippen LogP contribution in [-0.4, -0.2) is 19.1 Å². The summed E-state index contributed by atoms with van der Waals surface area (Å²) in [6.07, 6.45) is 5.14. The Balaban J connectivity index is 3.21. The van der Waals surface area contributed by atoms with Gasteiger partial charge in [-0.2, -0.15) is 0 Å². The van der Waals surface area contributed by atoms with Gasteiger partial charge in [-0.05, 0) is 0 Å². The summed E-state index contributed by atoms with van der Waals surface area (Å²) in [5, 5.41) is 3.03. The highest BCUT2D eigenvalue weighted by molar-refractivity contribution is 5.70. The maximum atomic E-state index is 5.11. The van der Waals surface area contributed by atoms with Crippen LogP contribution >= 0.6 is 0 Å². The molecule has 0 aliphatic carbocycles. The minimum atomic E-state index is 0.731. The highest BCUT2D eigenvalue weighted by atomic mass is 16.5. The largest absolute Gasteiger partial charge is 0.493 e. The Hall–Kier alpha value is -1.51. The highest BCUT2D eigenvalue weighted by Gasteiger charge is 2.03. The van der Waals surface area contributed by atoms with Crippen molar-refractivity contribution in [2.75, 3.05) is 19.5 Å². The van der Waals surface area contributed by atoms with Crippen LogP contribution in [0, 0.1) is 0 Å². The van der Waals surface area contributed by atoms with Crippen molar-refractivity contribution in [2.24, 2.45) is 0 Å². The van der Waals surface area contributed by atoms with Crippen LogP contribution < -0.4 is 10.1 Å². The van der Waals surface area contributed by atoms with Crippen LogP contribution in [0.3, 0.4) is 0 Å². The molecule has 1 aromatic heterocycles. The predicted molar refractivity (Wildman–Crippen MR) is 50.4 cm³/mol. The zero-order chi connectivity index (χ0) is 8.97. The summed E-state index contributed by atoms with van der Waals surface area (Å²) in [5.74, 6) is 0.731. The van der Waals surface area contributed by atoms with Crippen LogP contribution in [0.4, 0.5) is 5.69 Å². The fraction of sp³-hybridized carbons (Fsp3) is 0.222. The first-order valence-electron chi connectivity index (χ1n) is 3.65. The molecule has 12 heavy (non-hydrogen) atoms. The summed E-state index contributed by atoms with van der Waals surface area (Å²) in [5.41, 5.74) is 1.86. The van der Waals surface area contributed by atoms with E-state index in [1.54, 1.807) is 25.6 Å². The van der Waals surface area contributed by atoms with Gasteiger partial charge < -0.3 is 10.1 Å². The fourth-order valence-corrected chi connectivity index (χ4v) is 1.03. The van der Waals surface area contributed by atoms with E-state index in [1.807, 2.05) is 7.05 Å². The second kappa shape index (κ2) is 3.76. The number of ether oxygens (including phenoxy) is 1. The van der Waals surface area contributed by atoms with Gasteiger partial charge in [-0.25, -0.2) is 0 Å². The first-order chi connectivity index (χ1) is 5.83. The van der Waals surface area contributed by atoms with Gasteiger partial charge in [-0.3, -0.25) is 4.98 Å². The number of nitrogens with zero attached hydrogens (tertiary/aromatic N) is 1. The first kappa shape index (κ1) is 8.59. The zero-order valence-corrected chi connectivity index (χ0v) is 7.29. The Labute approximate surface area is 72.1 Å². The van der Waals surface area contributed by atoms with Gasteiger partial charge in [0, 0.05) is 18.8 Å². The van der Waals surface area contributed by atoms with Crippen molar-refractivity contribution in [1.29, 1.82) is 0 Å². The van der Waals surface area contributed by atoms with Crippen molar-refractivity contribution in [3.63, 3.8) is 0 Å². The SMILES string of the molecule is C=Cc1cncc(OC)c1NC. The van der Waals surface area contributed by atoms with Crippen molar-refractivity contribution in [1.82, 2.24) is 4.98 Å². The van der Waals surface area contributed by atoms with Crippen molar-refractivity contribution >= 4 is 11.8 Å². The van der Waals surface area contributed by atoms with Crippen molar-refractivity contribution in [2.45, 2.75) is 0 Å². The van der Waals surface area contributed by atoms with Gasteiger partial charge in [0.15, 0.2) is 5.75 Å². The average Bonchev–Trinajstić information content (AvgIpc) is 2.16. The molecule has 0 amide bonds. The maximum Gasteiger partial charge on any atom is 0.160 e. The van der Waals surface area contributed by atoms with Crippen LogP contribution in [0.2, 0.25) is 0 Å². The lowest BCUT2D eigenvalue weighted by Crippen LogP contribution is -1.96. The molecule has 0 aliphatic heterocycles. The molecule has 1 heterocycles. The summed E-state index contributed by atoms with van der Waals surface area (Å²) in [6, 6.07) is 0. The summed E-state index contributed by atoms with van der Waals surface area (Å²) >= 11 is 0. The molecule has 64 valence electrons. The molecular formula is C9H12N2O. The second-order valence-corrected chi connectivity index (χ2v) is 2.26. The number of hydrogen-bond acceptors (Lipinski definition) is 3. The van der Waals surface area contributed by atoms with E-state index in [0.29, 0.717) is 0 Å². The number of hydrogen-bond donors (Lipinski definition) is 1. The number of rotatable bonds is 3. The van der Waals surface area contributed by atoms with Crippen molar-refractivity contribution in [3.8, 4) is 5.75 Å². The summed E-state index contributed by atoms with van der Waals surface area (Å²) in [6.45, 7) is 3.68. The third-order valence-electron chi connectivity index (χ3n) is 1.63. The molecular weight excluding hydrogens is 152 g/mol. The molecule has 0 spiro atoms. The van der Waals surface area contributed by atoms with Crippen molar-refractivity contribution in [3.05, 3.63) is 24.5 Å². The summed E-state index contributed by atoms with van der Waals surface area (Å²) in [4.78, 5) is 4.00. The Kier molecular flexibility index (Phi) is 2.69. The van der Waals surface area contributed by atoms with Gasteiger partial charge >= 0.3 is 0 Å². The first-order valence-corrected chi connectivity index (χ1v) is 3.65. The summed E-state index contributed by atoms with van der Waals surface area (Å²) < 4.78 is 5.11. The predicted octanol–water partition coefficient (Wildman–Crippen LogP) is 1.77. The number of methoxy groups -OCH3 is 1. The number of anilines is 1. The van der Waals surface area contributed by atoms with Crippen LogP contribution in [0.1, 0.15) is 5.56 Å². The molecule has 0 unspecified atom stereocenters. The standard InChI is InChI=1S/C9H12N2O/c1-4-7-5-11-6-8(12-3)9(7)10-2/h4-6H,1H2,2-3H3,(H,10,11). The van der Waals surface area contributed by atoms with Gasteiger partial charge in [0.1, 0.15) is 0 Å². The van der Waals surface area contributed by atoms with Gasteiger partial charge in [-0.1, -0.05) is 12.7 Å². The smallest absolute Gasteiger partial charge is 0.160 e. The van der Waals surface area contributed by atoms with E-state index < -0.39 is 0 Å². The van der Waals surface area contributed by atoms with E-state index >= 15 is 0 Å². The van der Waals surface area contributed by atoms with Crippen LogP contribution in [0.5, 0.6) is 5.75 Å². The molecule has 0 aliphatic rings. The van der Waals surface area contributed by atoms with Crippen molar-refractivity contribution < 1.29 is 4.74 Å². The van der Waals surface area contributed by atoms with Gasteiger partial charge in [0.2, 0.25) is 0 Å². The normalized spacial score (nSPS) is 9.17. The van der Waals surface area contributed by atoms with Crippen LogP contribution in [-0.2, 0) is 0 Å². The molecule has 0 atom stereocenters. The number of aromatic nitrogens is 1. The molecule has 0 saturated carbocycles. The molecule has 3 heteroatoms.